The topological polar surface area (TPSA) is 64.3 Å². The summed E-state index contributed by atoms with van der Waals surface area (Å²) in [6.07, 6.45) is 0. The number of carboxylic acid groups (broad SMARTS) is 1. The third kappa shape index (κ3) is 2.75. The van der Waals surface area contributed by atoms with Gasteiger partial charge in [0.05, 0.1) is 11.3 Å². The Balaban J connectivity index is 2.26. The molecule has 1 heterocycles. The number of rotatable bonds is 4. The summed E-state index contributed by atoms with van der Waals surface area (Å²) in [6.45, 7) is 0.462. The molecule has 0 saturated carbocycles. The van der Waals surface area contributed by atoms with Gasteiger partial charge in [-0.25, -0.2) is 4.79 Å². The number of para-hydroxylation sites is 1. The Morgan fingerprint density at radius 3 is 2.84 bits per heavy atom. The molecule has 5 heteroatoms. The molecule has 0 saturated heterocycles. The van der Waals surface area contributed by atoms with Crippen LogP contribution >= 0.6 is 11.3 Å². The van der Waals surface area contributed by atoms with Crippen LogP contribution in [0.15, 0.2) is 35.7 Å². The minimum atomic E-state index is -0.910. The first-order valence-electron chi connectivity index (χ1n) is 5.63. The number of benzene rings is 1. The molecule has 4 nitrogen and oxygen atoms in total. The number of carboxylic acids is 1. The second kappa shape index (κ2) is 5.55. The average Bonchev–Trinajstić information content (AvgIpc) is 2.87. The number of thiophene rings is 1. The molecule has 0 aliphatic rings. The average molecular weight is 272 g/mol. The van der Waals surface area contributed by atoms with Crippen molar-refractivity contribution in [3.63, 3.8) is 0 Å². The van der Waals surface area contributed by atoms with Crippen LogP contribution in [-0.2, 0) is 6.54 Å². The van der Waals surface area contributed by atoms with Crippen molar-refractivity contribution in [2.24, 2.45) is 0 Å². The van der Waals surface area contributed by atoms with Crippen LogP contribution in [0.5, 0.6) is 0 Å². The molecule has 0 spiro atoms. The summed E-state index contributed by atoms with van der Waals surface area (Å²) in [5.41, 5.74) is 2.14. The summed E-state index contributed by atoms with van der Waals surface area (Å²) in [7, 11) is 1.85. The SMILES string of the molecule is CN(Cc1ccsc1C(=O)O)c1ccccc1C#N. The molecule has 0 bridgehead atoms. The van der Waals surface area contributed by atoms with E-state index in [0.29, 0.717) is 17.0 Å². The van der Waals surface area contributed by atoms with E-state index in [2.05, 4.69) is 6.07 Å². The highest BCUT2D eigenvalue weighted by atomic mass is 32.1. The lowest BCUT2D eigenvalue weighted by atomic mass is 10.1. The molecule has 19 heavy (non-hydrogen) atoms. The Morgan fingerprint density at radius 2 is 2.16 bits per heavy atom. The van der Waals surface area contributed by atoms with Gasteiger partial charge in [-0.15, -0.1) is 11.3 Å². The van der Waals surface area contributed by atoms with Gasteiger partial charge in [0.15, 0.2) is 0 Å². The molecule has 1 aromatic heterocycles. The van der Waals surface area contributed by atoms with Gasteiger partial charge in [-0.05, 0) is 29.1 Å². The van der Waals surface area contributed by atoms with Crippen LogP contribution < -0.4 is 4.90 Å². The van der Waals surface area contributed by atoms with Gasteiger partial charge in [0.1, 0.15) is 10.9 Å². The lowest BCUT2D eigenvalue weighted by molar-refractivity contribution is 0.0701. The van der Waals surface area contributed by atoms with E-state index in [1.165, 1.54) is 11.3 Å². The van der Waals surface area contributed by atoms with Gasteiger partial charge in [-0.1, -0.05) is 12.1 Å². The molecule has 1 N–H and O–H groups in total. The van der Waals surface area contributed by atoms with Crippen LogP contribution in [-0.4, -0.2) is 18.1 Å². The zero-order valence-electron chi connectivity index (χ0n) is 10.3. The van der Waals surface area contributed by atoms with Crippen LogP contribution in [0, 0.1) is 11.3 Å². The van der Waals surface area contributed by atoms with E-state index in [1.54, 1.807) is 17.5 Å². The van der Waals surface area contributed by atoms with Gasteiger partial charge in [-0.3, -0.25) is 0 Å². The Bertz CT molecular complexity index is 643. The molecule has 0 aliphatic carbocycles. The highest BCUT2D eigenvalue weighted by Gasteiger charge is 2.14. The van der Waals surface area contributed by atoms with Gasteiger partial charge in [0, 0.05) is 13.6 Å². The lowest BCUT2D eigenvalue weighted by Gasteiger charge is -2.20. The molecule has 0 aliphatic heterocycles. The number of hydrogen-bond donors (Lipinski definition) is 1. The maximum Gasteiger partial charge on any atom is 0.346 e. The third-order valence-electron chi connectivity index (χ3n) is 2.78. The van der Waals surface area contributed by atoms with Crippen molar-refractivity contribution in [2.45, 2.75) is 6.54 Å². The molecule has 2 rings (SSSR count). The number of nitrogens with zero attached hydrogens (tertiary/aromatic N) is 2. The largest absolute Gasteiger partial charge is 0.477 e. The molecule has 0 radical (unpaired) electrons. The fourth-order valence-corrected chi connectivity index (χ4v) is 2.64. The Hall–Kier alpha value is -2.32. The third-order valence-corrected chi connectivity index (χ3v) is 3.73. The molecule has 1 aromatic carbocycles. The number of nitriles is 1. The fraction of sp³-hybridized carbons (Fsp3) is 0.143. The van der Waals surface area contributed by atoms with E-state index in [4.69, 9.17) is 10.4 Å². The highest BCUT2D eigenvalue weighted by molar-refractivity contribution is 7.12. The molecule has 0 fully saturated rings. The van der Waals surface area contributed by atoms with Crippen LogP contribution in [0.1, 0.15) is 20.8 Å². The van der Waals surface area contributed by atoms with E-state index in [-0.39, 0.29) is 0 Å². The first kappa shape index (κ1) is 13.1. The van der Waals surface area contributed by atoms with Crippen LogP contribution in [0.2, 0.25) is 0 Å². The monoisotopic (exact) mass is 272 g/mol. The summed E-state index contributed by atoms with van der Waals surface area (Å²) >= 11 is 1.21. The Morgan fingerprint density at radius 1 is 1.42 bits per heavy atom. The Labute approximate surface area is 115 Å². The van der Waals surface area contributed by atoms with E-state index < -0.39 is 5.97 Å². The minimum absolute atomic E-state index is 0.348. The van der Waals surface area contributed by atoms with E-state index in [0.717, 1.165) is 11.3 Å². The van der Waals surface area contributed by atoms with Crippen LogP contribution in [0.25, 0.3) is 0 Å². The number of hydrogen-bond acceptors (Lipinski definition) is 4. The van der Waals surface area contributed by atoms with Crippen molar-refractivity contribution in [2.75, 3.05) is 11.9 Å². The zero-order chi connectivity index (χ0) is 13.8. The normalized spacial score (nSPS) is 9.89. The summed E-state index contributed by atoms with van der Waals surface area (Å²) < 4.78 is 0. The molecular formula is C14H12N2O2S. The smallest absolute Gasteiger partial charge is 0.346 e. The number of anilines is 1. The molecule has 96 valence electrons. The first-order chi connectivity index (χ1) is 9.13. The molecule has 0 atom stereocenters. The van der Waals surface area contributed by atoms with E-state index >= 15 is 0 Å². The summed E-state index contributed by atoms with van der Waals surface area (Å²) in [6, 6.07) is 11.2. The predicted octanol–water partition coefficient (Wildman–Crippen LogP) is 2.95. The van der Waals surface area contributed by atoms with Crippen molar-refractivity contribution < 1.29 is 9.90 Å². The maximum atomic E-state index is 11.1. The summed E-state index contributed by atoms with van der Waals surface area (Å²) in [5, 5.41) is 19.9. The predicted molar refractivity (Wildman–Crippen MR) is 74.5 cm³/mol. The summed E-state index contributed by atoms with van der Waals surface area (Å²) in [5.74, 6) is -0.910. The van der Waals surface area contributed by atoms with Crippen molar-refractivity contribution >= 4 is 23.0 Å². The van der Waals surface area contributed by atoms with Crippen molar-refractivity contribution in [3.05, 3.63) is 51.7 Å². The van der Waals surface area contributed by atoms with Crippen molar-refractivity contribution in [1.29, 1.82) is 5.26 Å². The molecule has 0 unspecified atom stereocenters. The highest BCUT2D eigenvalue weighted by Crippen LogP contribution is 2.23. The van der Waals surface area contributed by atoms with Gasteiger partial charge < -0.3 is 10.0 Å². The molecular weight excluding hydrogens is 260 g/mol. The number of carbonyl (C=O) groups is 1. The zero-order valence-corrected chi connectivity index (χ0v) is 11.1. The second-order valence-electron chi connectivity index (χ2n) is 4.07. The van der Waals surface area contributed by atoms with Crippen LogP contribution in [0.3, 0.4) is 0 Å². The quantitative estimate of drug-likeness (QED) is 0.929. The van der Waals surface area contributed by atoms with Crippen molar-refractivity contribution in [1.82, 2.24) is 0 Å². The fourth-order valence-electron chi connectivity index (χ4n) is 1.89. The Kier molecular flexibility index (Phi) is 3.83. The molecule has 2 aromatic rings. The standard InChI is InChI=1S/C14H12N2O2S/c1-16(12-5-3-2-4-10(12)8-15)9-11-6-7-19-13(11)14(17)18/h2-7H,9H2,1H3,(H,17,18). The first-order valence-corrected chi connectivity index (χ1v) is 6.51. The minimum Gasteiger partial charge on any atom is -0.477 e. The van der Waals surface area contributed by atoms with Gasteiger partial charge in [-0.2, -0.15) is 5.26 Å². The van der Waals surface area contributed by atoms with Gasteiger partial charge in [0.2, 0.25) is 0 Å². The van der Waals surface area contributed by atoms with Crippen LogP contribution in [0.4, 0.5) is 5.69 Å². The number of aromatic carboxylic acids is 1. The lowest BCUT2D eigenvalue weighted by Crippen LogP contribution is -2.18. The van der Waals surface area contributed by atoms with Crippen molar-refractivity contribution in [3.8, 4) is 6.07 Å². The van der Waals surface area contributed by atoms with E-state index in [1.807, 2.05) is 30.1 Å². The second-order valence-corrected chi connectivity index (χ2v) is 4.98. The maximum absolute atomic E-state index is 11.1. The van der Waals surface area contributed by atoms with Gasteiger partial charge in [0.25, 0.3) is 0 Å². The van der Waals surface area contributed by atoms with Gasteiger partial charge >= 0.3 is 5.97 Å². The van der Waals surface area contributed by atoms with E-state index in [9.17, 15) is 4.79 Å². The molecule has 0 amide bonds. The summed E-state index contributed by atoms with van der Waals surface area (Å²) in [4.78, 5) is 13.3.